The van der Waals surface area contributed by atoms with E-state index >= 15 is 0 Å². The van der Waals surface area contributed by atoms with Gasteiger partial charge >= 0.3 is 0 Å². The molecule has 2 rings (SSSR count). The molecular weight excluding hydrogens is 401 g/mol. The predicted octanol–water partition coefficient (Wildman–Crippen LogP) is 4.25. The highest BCUT2D eigenvalue weighted by Gasteiger charge is 2.28. The number of carbonyl (C=O) groups excluding carboxylic acids is 3. The molecule has 8 heteroatoms. The lowest BCUT2D eigenvalue weighted by atomic mass is 10.0. The van der Waals surface area contributed by atoms with Gasteiger partial charge in [-0.15, -0.1) is 0 Å². The molecule has 0 aliphatic carbocycles. The van der Waals surface area contributed by atoms with Gasteiger partial charge in [-0.05, 0) is 37.8 Å². The lowest BCUT2D eigenvalue weighted by Gasteiger charge is -2.33. The first-order valence-corrected chi connectivity index (χ1v) is 10.5. The topological polar surface area (TPSA) is 78.5 Å². The minimum Gasteiger partial charge on any atom is -0.352 e. The lowest BCUT2D eigenvalue weighted by molar-refractivity contribution is -0.122. The Kier molecular flexibility index (Phi) is 8.58. The zero-order chi connectivity index (χ0) is 20.7. The highest BCUT2D eigenvalue weighted by atomic mass is 35.5. The third-order valence-electron chi connectivity index (χ3n) is 4.58. The second-order valence-corrected chi connectivity index (χ2v) is 7.86. The Morgan fingerprint density at radius 1 is 1.11 bits per heavy atom. The van der Waals surface area contributed by atoms with E-state index in [4.69, 9.17) is 23.2 Å². The summed E-state index contributed by atoms with van der Waals surface area (Å²) in [6, 6.07) is 2.95. The minimum absolute atomic E-state index is 0.000108. The molecule has 28 heavy (non-hydrogen) atoms. The average Bonchev–Trinajstić information content (AvgIpc) is 2.63. The minimum atomic E-state index is -0.259. The molecule has 1 saturated heterocycles. The van der Waals surface area contributed by atoms with Gasteiger partial charge in [0.25, 0.3) is 5.91 Å². The van der Waals surface area contributed by atoms with E-state index in [9.17, 15) is 14.4 Å². The van der Waals surface area contributed by atoms with E-state index in [0.29, 0.717) is 37.4 Å². The van der Waals surface area contributed by atoms with Gasteiger partial charge in [-0.1, -0.05) is 37.0 Å². The molecule has 1 fully saturated rings. The van der Waals surface area contributed by atoms with E-state index < -0.39 is 0 Å². The molecule has 1 aliphatic rings. The molecule has 154 valence electrons. The van der Waals surface area contributed by atoms with Crippen LogP contribution in [0, 0.1) is 0 Å². The second kappa shape index (κ2) is 10.7. The number of benzene rings is 1. The highest BCUT2D eigenvalue weighted by Crippen LogP contribution is 2.32. The van der Waals surface area contributed by atoms with Crippen LogP contribution in [0.25, 0.3) is 0 Å². The number of nitrogens with zero attached hydrogens (tertiary/aromatic N) is 1. The summed E-state index contributed by atoms with van der Waals surface area (Å²) in [5.74, 6) is -0.463. The number of piperidine rings is 1. The Morgan fingerprint density at radius 2 is 1.79 bits per heavy atom. The van der Waals surface area contributed by atoms with Crippen LogP contribution in [0.3, 0.4) is 0 Å². The van der Waals surface area contributed by atoms with Crippen molar-refractivity contribution >= 4 is 46.6 Å². The van der Waals surface area contributed by atoms with Crippen LogP contribution in [0.1, 0.15) is 62.7 Å². The van der Waals surface area contributed by atoms with Crippen molar-refractivity contribution in [3.05, 3.63) is 27.7 Å². The zero-order valence-corrected chi connectivity index (χ0v) is 17.8. The fraction of sp³-hybridized carbons (Fsp3) is 0.550. The molecule has 1 aromatic carbocycles. The maximum Gasteiger partial charge on any atom is 0.256 e. The van der Waals surface area contributed by atoms with Gasteiger partial charge in [-0.2, -0.15) is 0 Å². The van der Waals surface area contributed by atoms with Crippen molar-refractivity contribution in [3.63, 3.8) is 0 Å². The Hall–Kier alpha value is -1.79. The number of amides is 3. The Morgan fingerprint density at radius 3 is 2.46 bits per heavy atom. The molecule has 0 aromatic heterocycles. The molecule has 0 spiro atoms. The number of hydrogen-bond acceptors (Lipinski definition) is 3. The van der Waals surface area contributed by atoms with Crippen LogP contribution >= 0.6 is 23.2 Å². The molecule has 1 heterocycles. The fourth-order valence-electron chi connectivity index (χ4n) is 3.27. The number of likely N-dealkylation sites (tertiary alicyclic amines) is 1. The summed E-state index contributed by atoms with van der Waals surface area (Å²) in [5.41, 5.74) is 0.550. The van der Waals surface area contributed by atoms with E-state index in [1.54, 1.807) is 4.90 Å². The molecule has 6 nitrogen and oxygen atoms in total. The number of rotatable bonds is 7. The monoisotopic (exact) mass is 427 g/mol. The van der Waals surface area contributed by atoms with E-state index in [1.165, 1.54) is 12.1 Å². The molecular formula is C20H27Cl2N3O3. The summed E-state index contributed by atoms with van der Waals surface area (Å²) >= 11 is 12.4. The zero-order valence-electron chi connectivity index (χ0n) is 16.3. The van der Waals surface area contributed by atoms with Gasteiger partial charge in [0.2, 0.25) is 11.8 Å². The van der Waals surface area contributed by atoms with E-state index in [0.717, 1.165) is 19.3 Å². The van der Waals surface area contributed by atoms with Crippen molar-refractivity contribution in [1.82, 2.24) is 10.2 Å². The predicted molar refractivity (Wildman–Crippen MR) is 112 cm³/mol. The lowest BCUT2D eigenvalue weighted by Crippen LogP contribution is -2.49. The van der Waals surface area contributed by atoms with Crippen molar-refractivity contribution in [1.29, 1.82) is 0 Å². The van der Waals surface area contributed by atoms with Crippen molar-refractivity contribution in [2.45, 2.75) is 58.4 Å². The summed E-state index contributed by atoms with van der Waals surface area (Å²) in [5, 5.41) is 6.28. The van der Waals surface area contributed by atoms with Crippen LogP contribution in [-0.2, 0) is 9.59 Å². The number of nitrogens with one attached hydrogen (secondary N) is 2. The largest absolute Gasteiger partial charge is 0.352 e. The standard InChI is InChI=1S/C20H27Cl2N3O3/c1-3-6-17(26)23-14-8-5-9-25(12-14)20(28)15-10-13(21)11-16(22)19(15)24-18(27)7-4-2/h10-11,14H,3-9,12H2,1-2H3,(H,23,26)(H,24,27). The molecule has 1 aromatic rings. The Balaban J connectivity index is 2.20. The van der Waals surface area contributed by atoms with Crippen LogP contribution < -0.4 is 10.6 Å². The summed E-state index contributed by atoms with van der Waals surface area (Å²) in [6.07, 6.45) is 3.89. The van der Waals surface area contributed by atoms with Gasteiger partial charge in [-0.3, -0.25) is 14.4 Å². The first-order valence-electron chi connectivity index (χ1n) is 9.73. The molecule has 3 amide bonds. The maximum absolute atomic E-state index is 13.2. The van der Waals surface area contributed by atoms with Gasteiger partial charge in [0.15, 0.2) is 0 Å². The smallest absolute Gasteiger partial charge is 0.256 e. The first kappa shape index (κ1) is 22.5. The molecule has 0 radical (unpaired) electrons. The van der Waals surface area contributed by atoms with E-state index in [1.807, 2.05) is 13.8 Å². The number of halogens is 2. The molecule has 0 saturated carbocycles. The molecule has 0 bridgehead atoms. The number of carbonyl (C=O) groups is 3. The van der Waals surface area contributed by atoms with Crippen LogP contribution in [-0.4, -0.2) is 41.8 Å². The van der Waals surface area contributed by atoms with Crippen molar-refractivity contribution in [2.75, 3.05) is 18.4 Å². The third kappa shape index (κ3) is 6.11. The number of hydrogen-bond donors (Lipinski definition) is 2. The Bertz CT molecular complexity index is 740. The van der Waals surface area contributed by atoms with Gasteiger partial charge in [0.05, 0.1) is 16.3 Å². The highest BCUT2D eigenvalue weighted by molar-refractivity contribution is 6.38. The van der Waals surface area contributed by atoms with E-state index in [2.05, 4.69) is 10.6 Å². The molecule has 1 unspecified atom stereocenters. The average molecular weight is 428 g/mol. The van der Waals surface area contributed by atoms with Gasteiger partial charge in [0, 0.05) is 37.0 Å². The van der Waals surface area contributed by atoms with Crippen LogP contribution in [0.2, 0.25) is 10.0 Å². The molecule has 2 N–H and O–H groups in total. The van der Waals surface area contributed by atoms with Gasteiger partial charge in [0.1, 0.15) is 0 Å². The first-order chi connectivity index (χ1) is 13.3. The Labute approximate surface area is 175 Å². The summed E-state index contributed by atoms with van der Waals surface area (Å²) in [4.78, 5) is 38.8. The molecule has 1 aliphatic heterocycles. The summed E-state index contributed by atoms with van der Waals surface area (Å²) in [6.45, 7) is 4.84. The summed E-state index contributed by atoms with van der Waals surface area (Å²) in [7, 11) is 0. The SMILES string of the molecule is CCCC(=O)Nc1c(Cl)cc(Cl)cc1C(=O)N1CCCC(NC(=O)CCC)C1. The van der Waals surface area contributed by atoms with Crippen molar-refractivity contribution in [2.24, 2.45) is 0 Å². The van der Waals surface area contributed by atoms with Crippen molar-refractivity contribution in [3.8, 4) is 0 Å². The molecule has 1 atom stereocenters. The maximum atomic E-state index is 13.2. The number of anilines is 1. The normalized spacial score (nSPS) is 16.6. The quantitative estimate of drug-likeness (QED) is 0.682. The summed E-state index contributed by atoms with van der Waals surface area (Å²) < 4.78 is 0. The fourth-order valence-corrected chi connectivity index (χ4v) is 3.82. The van der Waals surface area contributed by atoms with E-state index in [-0.39, 0.29) is 40.0 Å². The van der Waals surface area contributed by atoms with Crippen LogP contribution in [0.4, 0.5) is 5.69 Å². The van der Waals surface area contributed by atoms with Crippen molar-refractivity contribution < 1.29 is 14.4 Å². The third-order valence-corrected chi connectivity index (χ3v) is 5.09. The van der Waals surface area contributed by atoms with Crippen LogP contribution in [0.5, 0.6) is 0 Å². The van der Waals surface area contributed by atoms with Crippen LogP contribution in [0.15, 0.2) is 12.1 Å². The van der Waals surface area contributed by atoms with Gasteiger partial charge < -0.3 is 15.5 Å². The second-order valence-electron chi connectivity index (χ2n) is 7.02. The van der Waals surface area contributed by atoms with Gasteiger partial charge in [-0.25, -0.2) is 0 Å².